The van der Waals surface area contributed by atoms with Crippen molar-refractivity contribution in [2.24, 2.45) is 5.41 Å². The molecule has 0 heterocycles. The fourth-order valence-corrected chi connectivity index (χ4v) is 1.29. The zero-order valence-corrected chi connectivity index (χ0v) is 10.6. The van der Waals surface area contributed by atoms with Crippen LogP contribution >= 0.6 is 0 Å². The van der Waals surface area contributed by atoms with E-state index in [2.05, 4.69) is 26.1 Å². The van der Waals surface area contributed by atoms with Crippen molar-refractivity contribution >= 4 is 5.91 Å². The highest BCUT2D eigenvalue weighted by Gasteiger charge is 2.21. The predicted molar refractivity (Wildman–Crippen MR) is 67.2 cm³/mol. The predicted octanol–water partition coefficient (Wildman–Crippen LogP) is 2.78. The summed E-state index contributed by atoms with van der Waals surface area (Å²) in [6.07, 6.45) is 0.460. The minimum absolute atomic E-state index is 0.0913. The van der Waals surface area contributed by atoms with Gasteiger partial charge in [-0.2, -0.15) is 0 Å². The molecular formula is C14H21NO. The second kappa shape index (κ2) is 5.15. The molecule has 1 amide bonds. The van der Waals surface area contributed by atoms with E-state index in [-0.39, 0.29) is 17.4 Å². The third-order valence-electron chi connectivity index (χ3n) is 2.88. The van der Waals surface area contributed by atoms with E-state index in [1.54, 1.807) is 0 Å². The number of hydrogen-bond donors (Lipinski definition) is 1. The molecule has 0 saturated carbocycles. The number of carbonyl (C=O) groups excluding carboxylic acids is 1. The van der Waals surface area contributed by atoms with E-state index in [9.17, 15) is 4.79 Å². The van der Waals surface area contributed by atoms with Crippen LogP contribution in [0.2, 0.25) is 0 Å². The lowest BCUT2D eigenvalue weighted by Crippen LogP contribution is -2.42. The summed E-state index contributed by atoms with van der Waals surface area (Å²) >= 11 is 0. The molecule has 0 saturated heterocycles. The molecule has 0 aliphatic rings. The summed E-state index contributed by atoms with van der Waals surface area (Å²) in [4.78, 5) is 11.8. The minimum atomic E-state index is 0.0913. The molecule has 0 fully saturated rings. The number of rotatable bonds is 3. The zero-order valence-electron chi connectivity index (χ0n) is 10.6. The van der Waals surface area contributed by atoms with Gasteiger partial charge in [-0.25, -0.2) is 0 Å². The average molecular weight is 219 g/mol. The fraction of sp³-hybridized carbons (Fsp3) is 0.500. The maximum absolute atomic E-state index is 11.8. The van der Waals surface area contributed by atoms with Gasteiger partial charge in [-0.15, -0.1) is 0 Å². The zero-order chi connectivity index (χ0) is 12.2. The summed E-state index contributed by atoms with van der Waals surface area (Å²) in [5.41, 5.74) is 1.16. The van der Waals surface area contributed by atoms with E-state index < -0.39 is 0 Å². The topological polar surface area (TPSA) is 29.1 Å². The van der Waals surface area contributed by atoms with Gasteiger partial charge in [0.2, 0.25) is 5.91 Å². The van der Waals surface area contributed by atoms with Crippen molar-refractivity contribution in [3.8, 4) is 0 Å². The van der Waals surface area contributed by atoms with Crippen LogP contribution in [0.3, 0.4) is 0 Å². The van der Waals surface area contributed by atoms with Gasteiger partial charge in [0.1, 0.15) is 0 Å². The molecule has 0 aromatic heterocycles. The lowest BCUT2D eigenvalue weighted by atomic mass is 9.88. The molecular weight excluding hydrogens is 198 g/mol. The van der Waals surface area contributed by atoms with E-state index in [1.807, 2.05) is 37.3 Å². The molecule has 1 aromatic rings. The third-order valence-corrected chi connectivity index (χ3v) is 2.88. The second-order valence-corrected chi connectivity index (χ2v) is 5.32. The molecule has 1 atom stereocenters. The normalized spacial score (nSPS) is 13.2. The Hall–Kier alpha value is -1.31. The van der Waals surface area contributed by atoms with Gasteiger partial charge in [0.05, 0.1) is 6.42 Å². The van der Waals surface area contributed by atoms with E-state index >= 15 is 0 Å². The van der Waals surface area contributed by atoms with E-state index in [0.717, 1.165) is 5.56 Å². The van der Waals surface area contributed by atoms with Crippen LogP contribution in [0, 0.1) is 5.41 Å². The lowest BCUT2D eigenvalue weighted by molar-refractivity contribution is -0.121. The maximum atomic E-state index is 11.8. The molecule has 0 spiro atoms. The van der Waals surface area contributed by atoms with Gasteiger partial charge < -0.3 is 5.32 Å². The molecule has 0 bridgehead atoms. The Morgan fingerprint density at radius 3 is 2.31 bits per heavy atom. The molecule has 0 aliphatic carbocycles. The standard InChI is InChI=1S/C14H21NO/c1-11(14(2,3)4)15-13(16)10-12-8-6-5-7-9-12/h5-9,11H,10H2,1-4H3,(H,15,16)/t11-/m0/s1. The Bertz CT molecular complexity index is 338. The summed E-state index contributed by atoms with van der Waals surface area (Å²) in [5.74, 6) is 0.0913. The average Bonchev–Trinajstić information content (AvgIpc) is 2.17. The first kappa shape index (κ1) is 12.8. The number of benzene rings is 1. The van der Waals surface area contributed by atoms with Gasteiger partial charge in [-0.1, -0.05) is 51.1 Å². The number of nitrogens with one attached hydrogen (secondary N) is 1. The molecule has 16 heavy (non-hydrogen) atoms. The van der Waals surface area contributed by atoms with Crippen LogP contribution in [0.15, 0.2) is 30.3 Å². The molecule has 88 valence electrons. The summed E-state index contributed by atoms with van der Waals surface area (Å²) in [6, 6.07) is 10.00. The molecule has 2 nitrogen and oxygen atoms in total. The highest BCUT2D eigenvalue weighted by Crippen LogP contribution is 2.18. The van der Waals surface area contributed by atoms with E-state index in [4.69, 9.17) is 0 Å². The first-order chi connectivity index (χ1) is 7.39. The molecule has 0 radical (unpaired) electrons. The van der Waals surface area contributed by atoms with Crippen LogP contribution in [-0.2, 0) is 11.2 Å². The SMILES string of the molecule is C[C@H](NC(=O)Cc1ccccc1)C(C)(C)C. The smallest absolute Gasteiger partial charge is 0.224 e. The van der Waals surface area contributed by atoms with E-state index in [1.165, 1.54) is 0 Å². The van der Waals surface area contributed by atoms with Crippen LogP contribution in [0.5, 0.6) is 0 Å². The molecule has 0 aliphatic heterocycles. The summed E-state index contributed by atoms with van der Waals surface area (Å²) < 4.78 is 0. The quantitative estimate of drug-likeness (QED) is 0.832. The largest absolute Gasteiger partial charge is 0.353 e. The molecule has 1 aromatic carbocycles. The van der Waals surface area contributed by atoms with Crippen LogP contribution < -0.4 is 5.32 Å². The summed E-state index contributed by atoms with van der Waals surface area (Å²) in [7, 11) is 0. The van der Waals surface area contributed by atoms with Crippen molar-refractivity contribution in [1.29, 1.82) is 0 Å². The summed E-state index contributed by atoms with van der Waals surface area (Å²) in [5, 5.41) is 3.03. The number of carbonyl (C=O) groups is 1. The molecule has 1 rings (SSSR count). The van der Waals surface area contributed by atoms with Crippen molar-refractivity contribution in [2.45, 2.75) is 40.2 Å². The van der Waals surface area contributed by atoms with Gasteiger partial charge in [0, 0.05) is 6.04 Å². The fourth-order valence-electron chi connectivity index (χ4n) is 1.29. The van der Waals surface area contributed by atoms with Gasteiger partial charge in [0.15, 0.2) is 0 Å². The minimum Gasteiger partial charge on any atom is -0.353 e. The van der Waals surface area contributed by atoms with Gasteiger partial charge in [-0.05, 0) is 17.9 Å². The Balaban J connectivity index is 2.49. The second-order valence-electron chi connectivity index (χ2n) is 5.32. The van der Waals surface area contributed by atoms with E-state index in [0.29, 0.717) is 6.42 Å². The first-order valence-corrected chi connectivity index (χ1v) is 5.73. The van der Waals surface area contributed by atoms with Crippen molar-refractivity contribution in [3.05, 3.63) is 35.9 Å². The number of hydrogen-bond acceptors (Lipinski definition) is 1. The van der Waals surface area contributed by atoms with Crippen molar-refractivity contribution in [1.82, 2.24) is 5.32 Å². The monoisotopic (exact) mass is 219 g/mol. The maximum Gasteiger partial charge on any atom is 0.224 e. The van der Waals surface area contributed by atoms with Crippen LogP contribution in [0.1, 0.15) is 33.3 Å². The van der Waals surface area contributed by atoms with Gasteiger partial charge in [0.25, 0.3) is 0 Å². The molecule has 2 heteroatoms. The van der Waals surface area contributed by atoms with Gasteiger partial charge in [-0.3, -0.25) is 4.79 Å². The van der Waals surface area contributed by atoms with Crippen LogP contribution in [0.4, 0.5) is 0 Å². The Labute approximate surface area is 98.1 Å². The third kappa shape index (κ3) is 4.05. The van der Waals surface area contributed by atoms with Crippen LogP contribution in [0.25, 0.3) is 0 Å². The highest BCUT2D eigenvalue weighted by atomic mass is 16.1. The Morgan fingerprint density at radius 2 is 1.81 bits per heavy atom. The van der Waals surface area contributed by atoms with Crippen molar-refractivity contribution < 1.29 is 4.79 Å². The van der Waals surface area contributed by atoms with Crippen molar-refractivity contribution in [2.75, 3.05) is 0 Å². The number of amides is 1. The Morgan fingerprint density at radius 1 is 1.25 bits per heavy atom. The van der Waals surface area contributed by atoms with Gasteiger partial charge >= 0.3 is 0 Å². The lowest BCUT2D eigenvalue weighted by Gasteiger charge is -2.28. The first-order valence-electron chi connectivity index (χ1n) is 5.73. The molecule has 0 unspecified atom stereocenters. The Kier molecular flexibility index (Phi) is 4.11. The van der Waals surface area contributed by atoms with Crippen molar-refractivity contribution in [3.63, 3.8) is 0 Å². The summed E-state index contributed by atoms with van der Waals surface area (Å²) in [6.45, 7) is 8.42. The highest BCUT2D eigenvalue weighted by molar-refractivity contribution is 5.78. The van der Waals surface area contributed by atoms with Crippen LogP contribution in [-0.4, -0.2) is 11.9 Å². The molecule has 1 N–H and O–H groups in total.